The highest BCUT2D eigenvalue weighted by atomic mass is 32.2. The molecule has 1 aliphatic rings. The first-order valence-corrected chi connectivity index (χ1v) is 7.27. The van der Waals surface area contributed by atoms with Crippen molar-refractivity contribution in [2.45, 2.75) is 37.1 Å². The standard InChI is InChI=1S/C12H16N2O3S/c1-12(2)11(15)4-3-9-14(12)18(16,17)10-5-7-13-8-6-10/h5-8H,3-4,9H2,1-2H3. The van der Waals surface area contributed by atoms with Gasteiger partial charge in [0.2, 0.25) is 10.0 Å². The Labute approximate surface area is 107 Å². The Bertz CT molecular complexity index is 552. The minimum Gasteiger partial charge on any atom is -0.298 e. The van der Waals surface area contributed by atoms with Crippen molar-refractivity contribution in [3.05, 3.63) is 24.5 Å². The summed E-state index contributed by atoms with van der Waals surface area (Å²) in [6.07, 6.45) is 3.89. The number of nitrogens with zero attached hydrogens (tertiary/aromatic N) is 2. The van der Waals surface area contributed by atoms with Crippen molar-refractivity contribution in [3.63, 3.8) is 0 Å². The summed E-state index contributed by atoms with van der Waals surface area (Å²) in [6, 6.07) is 2.90. The Morgan fingerprint density at radius 1 is 1.28 bits per heavy atom. The molecule has 1 saturated heterocycles. The van der Waals surface area contributed by atoms with Gasteiger partial charge in [-0.25, -0.2) is 8.42 Å². The maximum atomic E-state index is 12.5. The third-order valence-electron chi connectivity index (χ3n) is 3.31. The van der Waals surface area contributed by atoms with E-state index in [2.05, 4.69) is 4.98 Å². The fraction of sp³-hybridized carbons (Fsp3) is 0.500. The predicted molar refractivity (Wildman–Crippen MR) is 66.4 cm³/mol. The SMILES string of the molecule is CC1(C)C(=O)CCCN1S(=O)(=O)c1ccncc1. The van der Waals surface area contributed by atoms with E-state index in [1.807, 2.05) is 0 Å². The summed E-state index contributed by atoms with van der Waals surface area (Å²) >= 11 is 0. The van der Waals surface area contributed by atoms with Gasteiger partial charge in [-0.1, -0.05) is 0 Å². The van der Waals surface area contributed by atoms with Crippen molar-refractivity contribution in [2.75, 3.05) is 6.54 Å². The summed E-state index contributed by atoms with van der Waals surface area (Å²) in [5.41, 5.74) is -0.972. The Morgan fingerprint density at radius 2 is 1.89 bits per heavy atom. The van der Waals surface area contributed by atoms with Gasteiger partial charge in [0.1, 0.15) is 0 Å². The highest BCUT2D eigenvalue weighted by molar-refractivity contribution is 7.89. The molecule has 1 fully saturated rings. The highest BCUT2D eigenvalue weighted by Gasteiger charge is 2.44. The Hall–Kier alpha value is -1.27. The van der Waals surface area contributed by atoms with Crippen LogP contribution in [0.15, 0.2) is 29.4 Å². The Morgan fingerprint density at radius 3 is 2.50 bits per heavy atom. The monoisotopic (exact) mass is 268 g/mol. The van der Waals surface area contributed by atoms with Gasteiger partial charge < -0.3 is 0 Å². The smallest absolute Gasteiger partial charge is 0.244 e. The fourth-order valence-corrected chi connectivity index (χ4v) is 3.96. The van der Waals surface area contributed by atoms with Gasteiger partial charge in [-0.2, -0.15) is 4.31 Å². The van der Waals surface area contributed by atoms with Crippen LogP contribution in [0.2, 0.25) is 0 Å². The molecule has 0 amide bonds. The van der Waals surface area contributed by atoms with Crippen LogP contribution in [0.3, 0.4) is 0 Å². The maximum absolute atomic E-state index is 12.5. The zero-order valence-corrected chi connectivity index (χ0v) is 11.3. The molecule has 0 spiro atoms. The largest absolute Gasteiger partial charge is 0.298 e. The van der Waals surface area contributed by atoms with E-state index in [1.165, 1.54) is 28.8 Å². The zero-order valence-electron chi connectivity index (χ0n) is 10.5. The van der Waals surface area contributed by atoms with E-state index in [-0.39, 0.29) is 10.7 Å². The second-order valence-corrected chi connectivity index (χ2v) is 6.71. The van der Waals surface area contributed by atoms with Crippen LogP contribution in [0.5, 0.6) is 0 Å². The molecule has 0 bridgehead atoms. The van der Waals surface area contributed by atoms with E-state index in [0.717, 1.165) is 0 Å². The van der Waals surface area contributed by atoms with E-state index < -0.39 is 15.6 Å². The van der Waals surface area contributed by atoms with E-state index in [4.69, 9.17) is 0 Å². The minimum absolute atomic E-state index is 0.0358. The summed E-state index contributed by atoms with van der Waals surface area (Å²) in [6.45, 7) is 3.70. The molecular formula is C12H16N2O3S. The van der Waals surface area contributed by atoms with Crippen molar-refractivity contribution in [1.29, 1.82) is 0 Å². The number of ketones is 1. The number of hydrogen-bond donors (Lipinski definition) is 0. The van der Waals surface area contributed by atoms with Gasteiger partial charge in [-0.05, 0) is 32.4 Å². The number of hydrogen-bond acceptors (Lipinski definition) is 4. The molecule has 1 aromatic heterocycles. The Kier molecular flexibility index (Phi) is 3.25. The van der Waals surface area contributed by atoms with Crippen molar-refractivity contribution in [3.8, 4) is 0 Å². The van der Waals surface area contributed by atoms with Crippen LogP contribution >= 0.6 is 0 Å². The van der Waals surface area contributed by atoms with Gasteiger partial charge in [0, 0.05) is 25.4 Å². The number of rotatable bonds is 2. The number of aromatic nitrogens is 1. The third kappa shape index (κ3) is 2.06. The lowest BCUT2D eigenvalue weighted by Crippen LogP contribution is -2.56. The molecule has 18 heavy (non-hydrogen) atoms. The van der Waals surface area contributed by atoms with Crippen LogP contribution in [0.4, 0.5) is 0 Å². The summed E-state index contributed by atoms with van der Waals surface area (Å²) < 4.78 is 26.3. The number of pyridine rings is 1. The average Bonchev–Trinajstić information content (AvgIpc) is 2.33. The van der Waals surface area contributed by atoms with Crippen molar-refractivity contribution in [2.24, 2.45) is 0 Å². The molecule has 98 valence electrons. The number of carbonyl (C=O) groups is 1. The molecule has 0 aliphatic carbocycles. The third-order valence-corrected chi connectivity index (χ3v) is 5.40. The zero-order chi connectivity index (χ0) is 13.4. The molecule has 2 heterocycles. The molecule has 0 unspecified atom stereocenters. The van der Waals surface area contributed by atoms with E-state index >= 15 is 0 Å². The molecule has 0 radical (unpaired) electrons. The van der Waals surface area contributed by atoms with Gasteiger partial charge in [0.25, 0.3) is 0 Å². The summed E-state index contributed by atoms with van der Waals surface area (Å²) in [5.74, 6) is -0.0358. The lowest BCUT2D eigenvalue weighted by molar-refractivity contribution is -0.129. The lowest BCUT2D eigenvalue weighted by Gasteiger charge is -2.39. The first kappa shape index (κ1) is 13.2. The van der Waals surface area contributed by atoms with Crippen LogP contribution in [0.1, 0.15) is 26.7 Å². The normalized spacial score (nSPS) is 20.9. The fourth-order valence-electron chi connectivity index (χ4n) is 2.17. The second kappa shape index (κ2) is 4.44. The van der Waals surface area contributed by atoms with Crippen LogP contribution in [0.25, 0.3) is 0 Å². The van der Waals surface area contributed by atoms with Gasteiger partial charge in [-0.3, -0.25) is 9.78 Å². The molecule has 0 aromatic carbocycles. The van der Waals surface area contributed by atoms with Crippen molar-refractivity contribution >= 4 is 15.8 Å². The first-order valence-electron chi connectivity index (χ1n) is 5.83. The van der Waals surface area contributed by atoms with Crippen molar-refractivity contribution < 1.29 is 13.2 Å². The second-order valence-electron chi connectivity index (χ2n) is 4.85. The van der Waals surface area contributed by atoms with Gasteiger partial charge in [-0.15, -0.1) is 0 Å². The highest BCUT2D eigenvalue weighted by Crippen LogP contribution is 2.30. The Balaban J connectivity index is 2.45. The average molecular weight is 268 g/mol. The molecule has 0 atom stereocenters. The number of piperidine rings is 1. The van der Waals surface area contributed by atoms with Crippen molar-refractivity contribution in [1.82, 2.24) is 9.29 Å². The van der Waals surface area contributed by atoms with Gasteiger partial charge in [0.05, 0.1) is 10.4 Å². The van der Waals surface area contributed by atoms with Gasteiger partial charge in [0.15, 0.2) is 5.78 Å². The number of carbonyl (C=O) groups excluding carboxylic acids is 1. The van der Waals surface area contributed by atoms with E-state index in [9.17, 15) is 13.2 Å². The number of sulfonamides is 1. The molecule has 1 aromatic rings. The predicted octanol–water partition coefficient (Wildman–Crippen LogP) is 1.21. The molecular weight excluding hydrogens is 252 g/mol. The van der Waals surface area contributed by atoms with Crippen LogP contribution < -0.4 is 0 Å². The molecule has 6 heteroatoms. The quantitative estimate of drug-likeness (QED) is 0.808. The minimum atomic E-state index is -3.63. The molecule has 1 aliphatic heterocycles. The van der Waals surface area contributed by atoms with E-state index in [1.54, 1.807) is 13.8 Å². The molecule has 2 rings (SSSR count). The van der Waals surface area contributed by atoms with E-state index in [0.29, 0.717) is 19.4 Å². The number of Topliss-reactive ketones (excluding diaryl/α,β-unsaturated/α-hetero) is 1. The first-order chi connectivity index (χ1) is 8.37. The molecule has 5 nitrogen and oxygen atoms in total. The summed E-state index contributed by atoms with van der Waals surface area (Å²) in [5, 5.41) is 0. The van der Waals surface area contributed by atoms with Gasteiger partial charge >= 0.3 is 0 Å². The summed E-state index contributed by atoms with van der Waals surface area (Å²) in [4.78, 5) is 15.9. The van der Waals surface area contributed by atoms with Crippen LogP contribution in [-0.4, -0.2) is 35.6 Å². The molecule has 0 N–H and O–H groups in total. The maximum Gasteiger partial charge on any atom is 0.244 e. The van der Waals surface area contributed by atoms with Crippen LogP contribution in [-0.2, 0) is 14.8 Å². The molecule has 0 saturated carbocycles. The topological polar surface area (TPSA) is 67.3 Å². The van der Waals surface area contributed by atoms with Crippen LogP contribution in [0, 0.1) is 0 Å². The summed E-state index contributed by atoms with van der Waals surface area (Å²) in [7, 11) is -3.63. The lowest BCUT2D eigenvalue weighted by atomic mass is 9.92.